The highest BCUT2D eigenvalue weighted by molar-refractivity contribution is 5.75. The van der Waals surface area contributed by atoms with Gasteiger partial charge in [-0.2, -0.15) is 0 Å². The van der Waals surface area contributed by atoms with Crippen molar-refractivity contribution >= 4 is 5.78 Å². The van der Waals surface area contributed by atoms with Gasteiger partial charge in [0.05, 0.1) is 0 Å². The molecule has 0 heterocycles. The molecule has 0 spiro atoms. The molecular formula is C13H18O. The van der Waals surface area contributed by atoms with E-state index in [1.54, 1.807) is 6.92 Å². The number of benzene rings is 1. The van der Waals surface area contributed by atoms with Crippen LogP contribution in [0.5, 0.6) is 0 Å². The van der Waals surface area contributed by atoms with Crippen LogP contribution in [0.25, 0.3) is 0 Å². The van der Waals surface area contributed by atoms with Gasteiger partial charge in [-0.15, -0.1) is 0 Å². The van der Waals surface area contributed by atoms with Gasteiger partial charge in [0.2, 0.25) is 0 Å². The summed E-state index contributed by atoms with van der Waals surface area (Å²) in [5.41, 5.74) is 1.37. The summed E-state index contributed by atoms with van der Waals surface area (Å²) in [4.78, 5) is 10.8. The zero-order chi connectivity index (χ0) is 10.4. The normalized spacial score (nSPS) is 12.4. The maximum atomic E-state index is 10.8. The molecule has 0 aliphatic rings. The van der Waals surface area contributed by atoms with E-state index in [0.717, 1.165) is 19.3 Å². The Hall–Kier alpha value is -1.11. The number of carbonyl (C=O) groups excluding carboxylic acids is 1. The maximum Gasteiger partial charge on any atom is 0.129 e. The SMILES string of the molecule is CC(=O)CCC[C@@H](C)c1ccccc1. The van der Waals surface area contributed by atoms with Crippen LogP contribution in [0, 0.1) is 0 Å². The van der Waals surface area contributed by atoms with Gasteiger partial charge in [0.15, 0.2) is 0 Å². The number of ketones is 1. The average molecular weight is 190 g/mol. The molecule has 1 rings (SSSR count). The highest BCUT2D eigenvalue weighted by Gasteiger charge is 2.04. The van der Waals surface area contributed by atoms with Gasteiger partial charge in [0.1, 0.15) is 5.78 Å². The second-order valence-corrected chi connectivity index (χ2v) is 3.91. The van der Waals surface area contributed by atoms with Crippen LogP contribution >= 0.6 is 0 Å². The van der Waals surface area contributed by atoms with Crippen LogP contribution < -0.4 is 0 Å². The lowest BCUT2D eigenvalue weighted by molar-refractivity contribution is -0.117. The van der Waals surface area contributed by atoms with E-state index in [-0.39, 0.29) is 0 Å². The molecule has 0 radical (unpaired) electrons. The van der Waals surface area contributed by atoms with Crippen molar-refractivity contribution in [1.29, 1.82) is 0 Å². The van der Waals surface area contributed by atoms with Crippen molar-refractivity contribution in [2.75, 3.05) is 0 Å². The standard InChI is InChI=1S/C13H18O/c1-11(7-6-8-12(2)14)13-9-4-3-5-10-13/h3-5,9-11H,6-8H2,1-2H3/t11-/m1/s1. The minimum Gasteiger partial charge on any atom is -0.300 e. The zero-order valence-corrected chi connectivity index (χ0v) is 8.99. The quantitative estimate of drug-likeness (QED) is 0.694. The van der Waals surface area contributed by atoms with Crippen molar-refractivity contribution in [3.63, 3.8) is 0 Å². The first-order chi connectivity index (χ1) is 6.70. The summed E-state index contributed by atoms with van der Waals surface area (Å²) in [5.74, 6) is 0.862. The van der Waals surface area contributed by atoms with Crippen LogP contribution in [0.1, 0.15) is 44.6 Å². The monoisotopic (exact) mass is 190 g/mol. The van der Waals surface area contributed by atoms with E-state index >= 15 is 0 Å². The van der Waals surface area contributed by atoms with Gasteiger partial charge in [-0.25, -0.2) is 0 Å². The van der Waals surface area contributed by atoms with Gasteiger partial charge in [-0.05, 0) is 31.2 Å². The lowest BCUT2D eigenvalue weighted by Crippen LogP contribution is -1.96. The molecule has 0 aromatic heterocycles. The molecule has 0 saturated heterocycles. The minimum atomic E-state index is 0.297. The predicted molar refractivity (Wildman–Crippen MR) is 59.4 cm³/mol. The van der Waals surface area contributed by atoms with Crippen molar-refractivity contribution in [3.8, 4) is 0 Å². The van der Waals surface area contributed by atoms with E-state index < -0.39 is 0 Å². The molecular weight excluding hydrogens is 172 g/mol. The van der Waals surface area contributed by atoms with Crippen molar-refractivity contribution in [2.24, 2.45) is 0 Å². The molecule has 1 aromatic rings. The summed E-state index contributed by atoms with van der Waals surface area (Å²) in [7, 11) is 0. The molecule has 1 nitrogen and oxygen atoms in total. The summed E-state index contributed by atoms with van der Waals surface area (Å²) in [6, 6.07) is 10.5. The van der Waals surface area contributed by atoms with Gasteiger partial charge >= 0.3 is 0 Å². The summed E-state index contributed by atoms with van der Waals surface area (Å²) < 4.78 is 0. The molecule has 1 atom stereocenters. The van der Waals surface area contributed by atoms with E-state index in [4.69, 9.17) is 0 Å². The molecule has 0 unspecified atom stereocenters. The Bertz CT molecular complexity index is 277. The first-order valence-electron chi connectivity index (χ1n) is 5.24. The largest absolute Gasteiger partial charge is 0.300 e. The fourth-order valence-corrected chi connectivity index (χ4v) is 1.61. The summed E-state index contributed by atoms with van der Waals surface area (Å²) in [6.45, 7) is 3.88. The van der Waals surface area contributed by atoms with Crippen LogP contribution in [0.3, 0.4) is 0 Å². The first kappa shape index (κ1) is 11.0. The zero-order valence-electron chi connectivity index (χ0n) is 8.99. The Morgan fingerprint density at radius 1 is 1.29 bits per heavy atom. The molecule has 0 bridgehead atoms. The highest BCUT2D eigenvalue weighted by Crippen LogP contribution is 2.20. The number of rotatable bonds is 5. The van der Waals surface area contributed by atoms with Crippen LogP contribution in [-0.2, 0) is 4.79 Å². The minimum absolute atomic E-state index is 0.297. The summed E-state index contributed by atoms with van der Waals surface area (Å²) in [5, 5.41) is 0. The van der Waals surface area contributed by atoms with E-state index in [1.807, 2.05) is 6.07 Å². The summed E-state index contributed by atoms with van der Waals surface area (Å²) in [6.07, 6.45) is 2.83. The third-order valence-corrected chi connectivity index (χ3v) is 2.53. The lowest BCUT2D eigenvalue weighted by atomic mass is 9.95. The van der Waals surface area contributed by atoms with E-state index in [0.29, 0.717) is 11.7 Å². The fourth-order valence-electron chi connectivity index (χ4n) is 1.61. The van der Waals surface area contributed by atoms with Crippen molar-refractivity contribution in [1.82, 2.24) is 0 Å². The smallest absolute Gasteiger partial charge is 0.129 e. The molecule has 0 aliphatic heterocycles. The fraction of sp³-hybridized carbons (Fsp3) is 0.462. The van der Waals surface area contributed by atoms with E-state index in [2.05, 4.69) is 31.2 Å². The molecule has 76 valence electrons. The van der Waals surface area contributed by atoms with Crippen molar-refractivity contribution in [2.45, 2.75) is 39.0 Å². The third kappa shape index (κ3) is 3.73. The highest BCUT2D eigenvalue weighted by atomic mass is 16.1. The number of hydrogen-bond acceptors (Lipinski definition) is 1. The molecule has 0 N–H and O–H groups in total. The Kier molecular flexibility index (Phi) is 4.37. The second kappa shape index (κ2) is 5.58. The molecule has 1 heteroatoms. The van der Waals surface area contributed by atoms with Crippen LogP contribution in [0.2, 0.25) is 0 Å². The Morgan fingerprint density at radius 2 is 1.93 bits per heavy atom. The van der Waals surface area contributed by atoms with Gasteiger partial charge in [-0.3, -0.25) is 0 Å². The Balaban J connectivity index is 2.36. The first-order valence-corrected chi connectivity index (χ1v) is 5.24. The number of Topliss-reactive ketones (excluding diaryl/α,β-unsaturated/α-hetero) is 1. The molecule has 1 aromatic carbocycles. The van der Waals surface area contributed by atoms with E-state index in [1.165, 1.54) is 5.56 Å². The number of hydrogen-bond donors (Lipinski definition) is 0. The Labute approximate surface area is 86.1 Å². The third-order valence-electron chi connectivity index (χ3n) is 2.53. The van der Waals surface area contributed by atoms with E-state index in [9.17, 15) is 4.79 Å². The molecule has 0 saturated carbocycles. The van der Waals surface area contributed by atoms with Crippen LogP contribution in [0.4, 0.5) is 0 Å². The van der Waals surface area contributed by atoms with Crippen LogP contribution in [-0.4, -0.2) is 5.78 Å². The van der Waals surface area contributed by atoms with Crippen LogP contribution in [0.15, 0.2) is 30.3 Å². The average Bonchev–Trinajstić information content (AvgIpc) is 2.18. The maximum absolute atomic E-state index is 10.8. The summed E-state index contributed by atoms with van der Waals surface area (Å²) >= 11 is 0. The second-order valence-electron chi connectivity index (χ2n) is 3.91. The molecule has 0 aliphatic carbocycles. The predicted octanol–water partition coefficient (Wildman–Crippen LogP) is 3.55. The molecule has 14 heavy (non-hydrogen) atoms. The number of carbonyl (C=O) groups is 1. The van der Waals surface area contributed by atoms with Gasteiger partial charge in [0.25, 0.3) is 0 Å². The topological polar surface area (TPSA) is 17.1 Å². The lowest BCUT2D eigenvalue weighted by Gasteiger charge is -2.10. The Morgan fingerprint density at radius 3 is 2.50 bits per heavy atom. The van der Waals surface area contributed by atoms with Crippen molar-refractivity contribution < 1.29 is 4.79 Å². The van der Waals surface area contributed by atoms with Gasteiger partial charge in [-0.1, -0.05) is 37.3 Å². The molecule has 0 amide bonds. The van der Waals surface area contributed by atoms with Gasteiger partial charge in [0, 0.05) is 6.42 Å². The van der Waals surface area contributed by atoms with Crippen molar-refractivity contribution in [3.05, 3.63) is 35.9 Å². The molecule has 0 fully saturated rings. The van der Waals surface area contributed by atoms with Gasteiger partial charge < -0.3 is 4.79 Å².